The van der Waals surface area contributed by atoms with Crippen LogP contribution in [0.3, 0.4) is 0 Å². The average molecular weight is 324 g/mol. The van der Waals surface area contributed by atoms with Gasteiger partial charge in [0.15, 0.2) is 0 Å². The lowest BCUT2D eigenvalue weighted by molar-refractivity contribution is -0.131. The van der Waals surface area contributed by atoms with Crippen molar-refractivity contribution in [3.63, 3.8) is 0 Å². The Labute approximate surface area is 140 Å². The van der Waals surface area contributed by atoms with Gasteiger partial charge in [0.05, 0.1) is 18.7 Å². The maximum atomic E-state index is 12.6. The first-order chi connectivity index (χ1) is 11.1. The molecule has 6 heteroatoms. The monoisotopic (exact) mass is 324 g/mol. The Bertz CT molecular complexity index is 390. The third-order valence-electron chi connectivity index (χ3n) is 5.68. The van der Waals surface area contributed by atoms with Gasteiger partial charge in [0.1, 0.15) is 0 Å². The summed E-state index contributed by atoms with van der Waals surface area (Å²) in [5.41, 5.74) is 0. The average Bonchev–Trinajstić information content (AvgIpc) is 2.76. The van der Waals surface area contributed by atoms with E-state index in [2.05, 4.69) is 21.7 Å². The fourth-order valence-corrected chi connectivity index (χ4v) is 4.07. The highest BCUT2D eigenvalue weighted by molar-refractivity contribution is 5.78. The van der Waals surface area contributed by atoms with Crippen molar-refractivity contribution in [3.8, 4) is 0 Å². The molecule has 3 rings (SSSR count). The number of aliphatic hydroxyl groups is 1. The maximum absolute atomic E-state index is 12.6. The Kier molecular flexibility index (Phi) is 5.91. The first kappa shape index (κ1) is 17.1. The highest BCUT2D eigenvalue weighted by atomic mass is 16.3. The van der Waals surface area contributed by atoms with Crippen LogP contribution in [0.1, 0.15) is 25.7 Å². The van der Waals surface area contributed by atoms with E-state index in [0.29, 0.717) is 19.6 Å². The second-order valence-corrected chi connectivity index (χ2v) is 7.46. The Morgan fingerprint density at radius 2 is 1.61 bits per heavy atom. The summed E-state index contributed by atoms with van der Waals surface area (Å²) < 4.78 is 0. The molecule has 0 saturated carbocycles. The summed E-state index contributed by atoms with van der Waals surface area (Å²) in [5, 5.41) is 10.4. The molecule has 2 atom stereocenters. The maximum Gasteiger partial charge on any atom is 0.236 e. The Morgan fingerprint density at radius 1 is 0.957 bits per heavy atom. The van der Waals surface area contributed by atoms with E-state index in [4.69, 9.17) is 0 Å². The van der Waals surface area contributed by atoms with Gasteiger partial charge in [0.2, 0.25) is 5.91 Å². The van der Waals surface area contributed by atoms with E-state index in [9.17, 15) is 9.90 Å². The van der Waals surface area contributed by atoms with Crippen molar-refractivity contribution in [2.24, 2.45) is 0 Å². The van der Waals surface area contributed by atoms with Gasteiger partial charge in [-0.25, -0.2) is 0 Å². The van der Waals surface area contributed by atoms with E-state index in [1.807, 2.05) is 4.90 Å². The lowest BCUT2D eigenvalue weighted by Crippen LogP contribution is -2.52. The lowest BCUT2D eigenvalue weighted by atomic mass is 10.1. The Hall–Kier alpha value is -0.690. The zero-order valence-corrected chi connectivity index (χ0v) is 14.5. The summed E-state index contributed by atoms with van der Waals surface area (Å²) >= 11 is 0. The first-order valence-electron chi connectivity index (χ1n) is 9.24. The summed E-state index contributed by atoms with van der Waals surface area (Å²) in [6.07, 6.45) is 4.60. The molecular weight excluding hydrogens is 292 g/mol. The second-order valence-electron chi connectivity index (χ2n) is 7.46. The zero-order valence-electron chi connectivity index (χ0n) is 14.5. The van der Waals surface area contributed by atoms with E-state index < -0.39 is 6.10 Å². The summed E-state index contributed by atoms with van der Waals surface area (Å²) in [4.78, 5) is 21.5. The largest absolute Gasteiger partial charge is 0.390 e. The van der Waals surface area contributed by atoms with Gasteiger partial charge in [-0.3, -0.25) is 14.6 Å². The number of hydrogen-bond acceptors (Lipinski definition) is 5. The van der Waals surface area contributed by atoms with Crippen LogP contribution in [0.4, 0.5) is 0 Å². The SMILES string of the molecule is CN1CCN([C@@H]2CN(C(=O)CN3CCCCCC3)C[C@H]2O)CC1. The molecule has 3 fully saturated rings. The minimum Gasteiger partial charge on any atom is -0.390 e. The number of piperazine rings is 1. The van der Waals surface area contributed by atoms with Crippen LogP contribution in [-0.2, 0) is 4.79 Å². The van der Waals surface area contributed by atoms with E-state index in [-0.39, 0.29) is 11.9 Å². The standard InChI is InChI=1S/C17H32N4O2/c1-18-8-10-20(11-9-18)15-12-21(13-16(15)22)17(23)14-19-6-4-2-3-5-7-19/h15-16,22H,2-14H2,1H3/t15-,16-/m1/s1. The molecule has 6 nitrogen and oxygen atoms in total. The molecule has 0 aromatic carbocycles. The van der Waals surface area contributed by atoms with Crippen molar-refractivity contribution in [1.82, 2.24) is 19.6 Å². The molecule has 3 heterocycles. The van der Waals surface area contributed by atoms with E-state index in [0.717, 1.165) is 39.3 Å². The summed E-state index contributed by atoms with van der Waals surface area (Å²) in [6.45, 7) is 7.89. The van der Waals surface area contributed by atoms with Crippen LogP contribution in [0.5, 0.6) is 0 Å². The molecule has 1 amide bonds. The fourth-order valence-electron chi connectivity index (χ4n) is 4.07. The number of rotatable bonds is 3. The number of carbonyl (C=O) groups is 1. The third-order valence-corrected chi connectivity index (χ3v) is 5.68. The molecule has 3 aliphatic heterocycles. The lowest BCUT2D eigenvalue weighted by Gasteiger charge is -2.37. The number of nitrogens with zero attached hydrogens (tertiary/aromatic N) is 4. The number of likely N-dealkylation sites (tertiary alicyclic amines) is 2. The predicted molar refractivity (Wildman–Crippen MR) is 90.4 cm³/mol. The van der Waals surface area contributed by atoms with Crippen LogP contribution in [-0.4, -0.2) is 109 Å². The molecular formula is C17H32N4O2. The molecule has 0 aromatic heterocycles. The van der Waals surface area contributed by atoms with Crippen LogP contribution < -0.4 is 0 Å². The van der Waals surface area contributed by atoms with Crippen molar-refractivity contribution in [2.75, 3.05) is 66.0 Å². The number of hydrogen-bond donors (Lipinski definition) is 1. The molecule has 3 aliphatic rings. The molecule has 0 radical (unpaired) electrons. The van der Waals surface area contributed by atoms with Gasteiger partial charge >= 0.3 is 0 Å². The number of carbonyl (C=O) groups excluding carboxylic acids is 1. The van der Waals surface area contributed by atoms with Crippen molar-refractivity contribution in [2.45, 2.75) is 37.8 Å². The smallest absolute Gasteiger partial charge is 0.236 e. The topological polar surface area (TPSA) is 50.3 Å². The normalized spacial score (nSPS) is 32.2. The highest BCUT2D eigenvalue weighted by Gasteiger charge is 2.38. The third kappa shape index (κ3) is 4.44. The van der Waals surface area contributed by atoms with Crippen molar-refractivity contribution in [1.29, 1.82) is 0 Å². The van der Waals surface area contributed by atoms with Gasteiger partial charge < -0.3 is 14.9 Å². The van der Waals surface area contributed by atoms with Crippen LogP contribution in [0, 0.1) is 0 Å². The summed E-state index contributed by atoms with van der Waals surface area (Å²) in [7, 11) is 2.14. The van der Waals surface area contributed by atoms with Crippen LogP contribution >= 0.6 is 0 Å². The molecule has 0 bridgehead atoms. The molecule has 132 valence electrons. The number of aliphatic hydroxyl groups excluding tert-OH is 1. The molecule has 1 N–H and O–H groups in total. The van der Waals surface area contributed by atoms with E-state index >= 15 is 0 Å². The minimum atomic E-state index is -0.397. The molecule has 0 aliphatic carbocycles. The van der Waals surface area contributed by atoms with Gasteiger partial charge in [-0.1, -0.05) is 12.8 Å². The summed E-state index contributed by atoms with van der Waals surface area (Å²) in [5.74, 6) is 0.197. The molecule has 23 heavy (non-hydrogen) atoms. The van der Waals surface area contributed by atoms with Crippen LogP contribution in [0.15, 0.2) is 0 Å². The Balaban J connectivity index is 1.50. The summed E-state index contributed by atoms with van der Waals surface area (Å²) in [6, 6.07) is 0.122. The fraction of sp³-hybridized carbons (Fsp3) is 0.941. The molecule has 0 spiro atoms. The Morgan fingerprint density at radius 3 is 2.26 bits per heavy atom. The van der Waals surface area contributed by atoms with Gasteiger partial charge in [0, 0.05) is 39.3 Å². The van der Waals surface area contributed by atoms with Gasteiger partial charge in [-0.2, -0.15) is 0 Å². The quantitative estimate of drug-likeness (QED) is 0.771. The number of amides is 1. The molecule has 0 unspecified atom stereocenters. The number of likely N-dealkylation sites (N-methyl/N-ethyl adjacent to an activating group) is 1. The van der Waals surface area contributed by atoms with Crippen molar-refractivity contribution < 1.29 is 9.90 Å². The van der Waals surface area contributed by atoms with Crippen molar-refractivity contribution >= 4 is 5.91 Å². The zero-order chi connectivity index (χ0) is 16.2. The molecule has 3 saturated heterocycles. The van der Waals surface area contributed by atoms with Gasteiger partial charge in [0.25, 0.3) is 0 Å². The van der Waals surface area contributed by atoms with Crippen LogP contribution in [0.2, 0.25) is 0 Å². The van der Waals surface area contributed by atoms with E-state index in [1.54, 1.807) is 0 Å². The number of β-amino-alcohol motifs (C(OH)–C–C–N with tert-alkyl or cyclic N) is 1. The van der Waals surface area contributed by atoms with Gasteiger partial charge in [-0.05, 0) is 33.0 Å². The first-order valence-corrected chi connectivity index (χ1v) is 9.24. The van der Waals surface area contributed by atoms with Crippen molar-refractivity contribution in [3.05, 3.63) is 0 Å². The van der Waals surface area contributed by atoms with Gasteiger partial charge in [-0.15, -0.1) is 0 Å². The predicted octanol–water partition coefficient (Wildman–Crippen LogP) is -0.318. The minimum absolute atomic E-state index is 0.122. The highest BCUT2D eigenvalue weighted by Crippen LogP contribution is 2.19. The second kappa shape index (κ2) is 7.92. The van der Waals surface area contributed by atoms with Crippen LogP contribution in [0.25, 0.3) is 0 Å². The molecule has 0 aromatic rings. The van der Waals surface area contributed by atoms with E-state index in [1.165, 1.54) is 25.7 Å².